The normalized spacial score (nSPS) is 19.9. The molecular formula is C11H13BrN2O3. The number of rotatable bonds is 2. The van der Waals surface area contributed by atoms with Crippen LogP contribution >= 0.6 is 15.9 Å². The highest BCUT2D eigenvalue weighted by molar-refractivity contribution is 9.10. The first-order chi connectivity index (χ1) is 8.16. The van der Waals surface area contributed by atoms with E-state index in [-0.39, 0.29) is 12.5 Å². The van der Waals surface area contributed by atoms with Crippen LogP contribution in [-0.2, 0) is 14.3 Å². The Morgan fingerprint density at radius 2 is 2.29 bits per heavy atom. The molecule has 0 aliphatic carbocycles. The molecule has 1 aromatic rings. The Bertz CT molecular complexity index is 419. The Labute approximate surface area is 107 Å². The molecule has 6 heteroatoms. The van der Waals surface area contributed by atoms with E-state index in [1.54, 1.807) is 18.2 Å². The van der Waals surface area contributed by atoms with Gasteiger partial charge in [-0.05, 0) is 34.1 Å². The summed E-state index contributed by atoms with van der Waals surface area (Å²) >= 11 is 3.29. The molecule has 17 heavy (non-hydrogen) atoms. The number of anilines is 2. The molecule has 1 atom stereocenters. The Hall–Kier alpha value is -1.11. The molecule has 0 bridgehead atoms. The Balaban J connectivity index is 1.99. The lowest BCUT2D eigenvalue weighted by Crippen LogP contribution is -2.39. The van der Waals surface area contributed by atoms with Crippen LogP contribution in [-0.4, -0.2) is 31.8 Å². The van der Waals surface area contributed by atoms with Gasteiger partial charge in [-0.15, -0.1) is 0 Å². The smallest absolute Gasteiger partial charge is 0.255 e. The van der Waals surface area contributed by atoms with Crippen molar-refractivity contribution in [2.24, 2.45) is 0 Å². The molecule has 1 amide bonds. The maximum atomic E-state index is 11.8. The van der Waals surface area contributed by atoms with Gasteiger partial charge in [0.05, 0.1) is 19.8 Å². The molecule has 92 valence electrons. The summed E-state index contributed by atoms with van der Waals surface area (Å²) in [7, 11) is 0. The van der Waals surface area contributed by atoms with Crippen LogP contribution in [0.4, 0.5) is 11.4 Å². The van der Waals surface area contributed by atoms with Gasteiger partial charge in [0.25, 0.3) is 5.91 Å². The summed E-state index contributed by atoms with van der Waals surface area (Å²) in [4.78, 5) is 11.8. The first kappa shape index (κ1) is 12.3. The van der Waals surface area contributed by atoms with Crippen LogP contribution in [0.2, 0.25) is 0 Å². The van der Waals surface area contributed by atoms with E-state index in [1.165, 1.54) is 0 Å². The summed E-state index contributed by atoms with van der Waals surface area (Å²) in [5.41, 5.74) is 6.94. The van der Waals surface area contributed by atoms with Gasteiger partial charge in [0.15, 0.2) is 6.10 Å². The van der Waals surface area contributed by atoms with Crippen LogP contribution in [0.3, 0.4) is 0 Å². The third kappa shape index (κ3) is 3.18. The molecule has 1 aliphatic rings. The standard InChI is InChI=1S/C11H13BrN2O3/c12-8-2-1-7(5-9(8)13)14-11(15)10-6-16-3-4-17-10/h1-2,5,10H,3-4,6,13H2,(H,14,15). The highest BCUT2D eigenvalue weighted by Gasteiger charge is 2.22. The zero-order valence-electron chi connectivity index (χ0n) is 9.11. The van der Waals surface area contributed by atoms with Crippen LogP contribution in [0.1, 0.15) is 0 Å². The molecule has 1 aliphatic heterocycles. The third-order valence-corrected chi connectivity index (χ3v) is 3.09. The number of nitrogen functional groups attached to an aromatic ring is 1. The maximum absolute atomic E-state index is 11.8. The number of hydrogen-bond donors (Lipinski definition) is 2. The molecular weight excluding hydrogens is 288 g/mol. The predicted octanol–water partition coefficient (Wildman–Crippen LogP) is 1.39. The molecule has 1 heterocycles. The summed E-state index contributed by atoms with van der Waals surface area (Å²) in [6, 6.07) is 5.23. The molecule has 3 N–H and O–H groups in total. The number of carbonyl (C=O) groups is 1. The summed E-state index contributed by atoms with van der Waals surface area (Å²) in [6.45, 7) is 1.27. The van der Waals surface area contributed by atoms with Gasteiger partial charge in [-0.1, -0.05) is 0 Å². The van der Waals surface area contributed by atoms with Crippen molar-refractivity contribution in [3.63, 3.8) is 0 Å². The number of nitrogens with one attached hydrogen (secondary N) is 1. The lowest BCUT2D eigenvalue weighted by molar-refractivity contribution is -0.142. The fourth-order valence-electron chi connectivity index (χ4n) is 1.48. The monoisotopic (exact) mass is 300 g/mol. The molecule has 1 saturated heterocycles. The van der Waals surface area contributed by atoms with E-state index < -0.39 is 6.10 Å². The van der Waals surface area contributed by atoms with Crippen molar-refractivity contribution in [2.75, 3.05) is 30.9 Å². The van der Waals surface area contributed by atoms with Crippen molar-refractivity contribution in [2.45, 2.75) is 6.10 Å². The number of hydrogen-bond acceptors (Lipinski definition) is 4. The van der Waals surface area contributed by atoms with Crippen LogP contribution in [0.15, 0.2) is 22.7 Å². The van der Waals surface area contributed by atoms with E-state index >= 15 is 0 Å². The number of carbonyl (C=O) groups excluding carboxylic acids is 1. The van der Waals surface area contributed by atoms with Gasteiger partial charge in [0, 0.05) is 15.8 Å². The van der Waals surface area contributed by atoms with Crippen LogP contribution < -0.4 is 11.1 Å². The van der Waals surface area contributed by atoms with Gasteiger partial charge in [-0.2, -0.15) is 0 Å². The SMILES string of the molecule is Nc1cc(NC(=O)C2COCCO2)ccc1Br. The van der Waals surface area contributed by atoms with Crippen molar-refractivity contribution >= 4 is 33.2 Å². The molecule has 1 unspecified atom stereocenters. The second kappa shape index (κ2) is 5.48. The zero-order chi connectivity index (χ0) is 12.3. The van der Waals surface area contributed by atoms with Gasteiger partial charge in [-0.25, -0.2) is 0 Å². The Kier molecular flexibility index (Phi) is 3.98. The lowest BCUT2D eigenvalue weighted by atomic mass is 10.2. The minimum absolute atomic E-state index is 0.216. The van der Waals surface area contributed by atoms with E-state index in [9.17, 15) is 4.79 Å². The van der Waals surface area contributed by atoms with E-state index in [0.29, 0.717) is 24.6 Å². The average Bonchev–Trinajstić information content (AvgIpc) is 2.35. The number of nitrogens with two attached hydrogens (primary N) is 1. The largest absolute Gasteiger partial charge is 0.398 e. The van der Waals surface area contributed by atoms with E-state index in [4.69, 9.17) is 15.2 Å². The van der Waals surface area contributed by atoms with Gasteiger partial charge in [-0.3, -0.25) is 4.79 Å². The fourth-order valence-corrected chi connectivity index (χ4v) is 1.73. The van der Waals surface area contributed by atoms with E-state index in [2.05, 4.69) is 21.2 Å². The van der Waals surface area contributed by atoms with Crippen LogP contribution in [0.5, 0.6) is 0 Å². The minimum Gasteiger partial charge on any atom is -0.398 e. The molecule has 0 radical (unpaired) electrons. The summed E-state index contributed by atoms with van der Waals surface area (Å²) < 4.78 is 11.3. The van der Waals surface area contributed by atoms with Crippen molar-refractivity contribution < 1.29 is 14.3 Å². The Morgan fingerprint density at radius 3 is 2.94 bits per heavy atom. The average molecular weight is 301 g/mol. The first-order valence-electron chi connectivity index (χ1n) is 5.22. The molecule has 2 rings (SSSR count). The van der Waals surface area contributed by atoms with E-state index in [1.807, 2.05) is 0 Å². The van der Waals surface area contributed by atoms with Crippen molar-refractivity contribution in [1.29, 1.82) is 0 Å². The van der Waals surface area contributed by atoms with Crippen molar-refractivity contribution in [3.8, 4) is 0 Å². The minimum atomic E-state index is -0.548. The van der Waals surface area contributed by atoms with Crippen LogP contribution in [0, 0.1) is 0 Å². The molecule has 5 nitrogen and oxygen atoms in total. The number of benzene rings is 1. The predicted molar refractivity (Wildman–Crippen MR) is 67.7 cm³/mol. The lowest BCUT2D eigenvalue weighted by Gasteiger charge is -2.22. The Morgan fingerprint density at radius 1 is 1.47 bits per heavy atom. The fraction of sp³-hybridized carbons (Fsp3) is 0.364. The molecule has 1 aromatic carbocycles. The number of halogens is 1. The number of ether oxygens (including phenoxy) is 2. The van der Waals surface area contributed by atoms with Crippen molar-refractivity contribution in [3.05, 3.63) is 22.7 Å². The second-order valence-corrected chi connectivity index (χ2v) is 4.51. The molecule has 0 saturated carbocycles. The maximum Gasteiger partial charge on any atom is 0.255 e. The quantitative estimate of drug-likeness (QED) is 0.810. The van der Waals surface area contributed by atoms with Gasteiger partial charge in [0.1, 0.15) is 0 Å². The third-order valence-electron chi connectivity index (χ3n) is 2.37. The summed E-state index contributed by atoms with van der Waals surface area (Å²) in [5, 5.41) is 2.73. The first-order valence-corrected chi connectivity index (χ1v) is 6.01. The second-order valence-electron chi connectivity index (χ2n) is 3.66. The van der Waals surface area contributed by atoms with Gasteiger partial charge < -0.3 is 20.5 Å². The topological polar surface area (TPSA) is 73.6 Å². The highest BCUT2D eigenvalue weighted by atomic mass is 79.9. The zero-order valence-corrected chi connectivity index (χ0v) is 10.7. The molecule has 0 aromatic heterocycles. The van der Waals surface area contributed by atoms with Crippen molar-refractivity contribution in [1.82, 2.24) is 0 Å². The molecule has 0 spiro atoms. The highest BCUT2D eigenvalue weighted by Crippen LogP contribution is 2.23. The summed E-state index contributed by atoms with van der Waals surface area (Å²) in [6.07, 6.45) is -0.548. The molecule has 1 fully saturated rings. The van der Waals surface area contributed by atoms with E-state index in [0.717, 1.165) is 4.47 Å². The van der Waals surface area contributed by atoms with Crippen LogP contribution in [0.25, 0.3) is 0 Å². The van der Waals surface area contributed by atoms with Gasteiger partial charge >= 0.3 is 0 Å². The number of amides is 1. The summed E-state index contributed by atoms with van der Waals surface area (Å²) in [5.74, 6) is -0.216. The van der Waals surface area contributed by atoms with Gasteiger partial charge in [0.2, 0.25) is 0 Å².